The van der Waals surface area contributed by atoms with Crippen molar-refractivity contribution < 1.29 is 4.79 Å². The third kappa shape index (κ3) is 2.57. The van der Waals surface area contributed by atoms with E-state index >= 15 is 0 Å². The van der Waals surface area contributed by atoms with Gasteiger partial charge < -0.3 is 10.2 Å². The Balaban J connectivity index is 2.09. The third-order valence-electron chi connectivity index (χ3n) is 3.24. The van der Waals surface area contributed by atoms with Crippen LogP contribution in [0.5, 0.6) is 0 Å². The van der Waals surface area contributed by atoms with Crippen LogP contribution < -0.4 is 5.32 Å². The molecule has 2 rings (SSSR count). The summed E-state index contributed by atoms with van der Waals surface area (Å²) in [5, 5.41) is 2.99. The van der Waals surface area contributed by atoms with Crippen molar-refractivity contribution >= 4 is 11.6 Å². The molecule has 0 bridgehead atoms. The van der Waals surface area contributed by atoms with Crippen LogP contribution in [-0.2, 0) is 0 Å². The van der Waals surface area contributed by atoms with E-state index in [4.69, 9.17) is 0 Å². The normalized spacial score (nSPS) is 18.2. The average Bonchev–Trinajstić information content (AvgIpc) is 2.69. The van der Waals surface area contributed by atoms with Crippen molar-refractivity contribution in [3.8, 4) is 0 Å². The number of rotatable bonds is 2. The van der Waals surface area contributed by atoms with Gasteiger partial charge in [0, 0.05) is 20.1 Å². The molecule has 0 saturated carbocycles. The molecule has 1 aliphatic rings. The summed E-state index contributed by atoms with van der Waals surface area (Å²) in [6.45, 7) is 6.04. The molecule has 92 valence electrons. The first-order valence-electron chi connectivity index (χ1n) is 5.95. The molecule has 0 unspecified atom stereocenters. The zero-order valence-corrected chi connectivity index (χ0v) is 10.7. The topological polar surface area (TPSA) is 45.2 Å². The van der Waals surface area contributed by atoms with Crippen molar-refractivity contribution in [1.82, 2.24) is 9.88 Å². The van der Waals surface area contributed by atoms with E-state index in [1.54, 1.807) is 12.3 Å². The first-order valence-corrected chi connectivity index (χ1v) is 5.95. The standard InChI is InChI=1S/C13H19N3O/c1-13(2)6-7-16(9-13)12(17)11-5-4-10(14-3)8-15-11/h4-5,8,14H,6-7,9H2,1-3H3. The highest BCUT2D eigenvalue weighted by molar-refractivity contribution is 5.92. The number of anilines is 1. The van der Waals surface area contributed by atoms with Gasteiger partial charge in [0.15, 0.2) is 0 Å². The van der Waals surface area contributed by atoms with Crippen LogP contribution in [0.3, 0.4) is 0 Å². The van der Waals surface area contributed by atoms with Gasteiger partial charge in [-0.15, -0.1) is 0 Å². The molecule has 4 nitrogen and oxygen atoms in total. The lowest BCUT2D eigenvalue weighted by molar-refractivity contribution is 0.0772. The van der Waals surface area contributed by atoms with Crippen LogP contribution in [-0.4, -0.2) is 35.9 Å². The minimum Gasteiger partial charge on any atom is -0.387 e. The number of amides is 1. The SMILES string of the molecule is CNc1ccc(C(=O)N2CCC(C)(C)C2)nc1. The maximum atomic E-state index is 12.2. The summed E-state index contributed by atoms with van der Waals surface area (Å²) in [4.78, 5) is 18.3. The van der Waals surface area contributed by atoms with Crippen LogP contribution >= 0.6 is 0 Å². The summed E-state index contributed by atoms with van der Waals surface area (Å²) in [6, 6.07) is 3.65. The third-order valence-corrected chi connectivity index (χ3v) is 3.24. The van der Waals surface area contributed by atoms with Crippen LogP contribution in [0, 0.1) is 5.41 Å². The van der Waals surface area contributed by atoms with Gasteiger partial charge in [-0.1, -0.05) is 13.8 Å². The van der Waals surface area contributed by atoms with Gasteiger partial charge >= 0.3 is 0 Å². The number of nitrogens with one attached hydrogen (secondary N) is 1. The Hall–Kier alpha value is -1.58. The maximum absolute atomic E-state index is 12.2. The first kappa shape index (κ1) is 11.9. The van der Waals surface area contributed by atoms with Crippen molar-refractivity contribution in [1.29, 1.82) is 0 Å². The van der Waals surface area contributed by atoms with Crippen LogP contribution in [0.4, 0.5) is 5.69 Å². The Morgan fingerprint density at radius 3 is 2.71 bits per heavy atom. The van der Waals surface area contributed by atoms with Crippen LogP contribution in [0.1, 0.15) is 30.8 Å². The lowest BCUT2D eigenvalue weighted by atomic mass is 9.93. The lowest BCUT2D eigenvalue weighted by Gasteiger charge is -2.19. The quantitative estimate of drug-likeness (QED) is 0.849. The minimum absolute atomic E-state index is 0.0400. The maximum Gasteiger partial charge on any atom is 0.272 e. The van der Waals surface area contributed by atoms with Gasteiger partial charge in [-0.25, -0.2) is 4.98 Å². The fourth-order valence-electron chi connectivity index (χ4n) is 2.12. The Morgan fingerprint density at radius 1 is 1.47 bits per heavy atom. The molecule has 0 atom stereocenters. The molecule has 1 aromatic heterocycles. The molecule has 1 N–H and O–H groups in total. The van der Waals surface area contributed by atoms with Gasteiger partial charge in [-0.2, -0.15) is 0 Å². The van der Waals surface area contributed by atoms with E-state index in [-0.39, 0.29) is 11.3 Å². The number of nitrogens with zero attached hydrogens (tertiary/aromatic N) is 2. The molecular weight excluding hydrogens is 214 g/mol. The number of aromatic nitrogens is 1. The van der Waals surface area contributed by atoms with E-state index in [1.807, 2.05) is 18.0 Å². The highest BCUT2D eigenvalue weighted by atomic mass is 16.2. The molecule has 0 spiro atoms. The van der Waals surface area contributed by atoms with Gasteiger partial charge in [0.1, 0.15) is 5.69 Å². The summed E-state index contributed by atoms with van der Waals surface area (Å²) < 4.78 is 0. The van der Waals surface area contributed by atoms with Crippen LogP contribution in [0.25, 0.3) is 0 Å². The molecule has 0 aromatic carbocycles. The van der Waals surface area contributed by atoms with Crippen LogP contribution in [0.2, 0.25) is 0 Å². The zero-order valence-electron chi connectivity index (χ0n) is 10.7. The van der Waals surface area contributed by atoms with E-state index in [9.17, 15) is 4.79 Å². The number of hydrogen-bond donors (Lipinski definition) is 1. The molecule has 0 radical (unpaired) electrons. The number of carbonyl (C=O) groups excluding carboxylic acids is 1. The summed E-state index contributed by atoms with van der Waals surface area (Å²) in [5.41, 5.74) is 1.69. The van der Waals surface area contributed by atoms with E-state index in [1.165, 1.54) is 0 Å². The highest BCUT2D eigenvalue weighted by Gasteiger charge is 2.32. The molecule has 2 heterocycles. The summed E-state index contributed by atoms with van der Waals surface area (Å²) >= 11 is 0. The molecule has 17 heavy (non-hydrogen) atoms. The molecule has 4 heteroatoms. The number of likely N-dealkylation sites (tertiary alicyclic amines) is 1. The van der Waals surface area contributed by atoms with Gasteiger partial charge in [-0.3, -0.25) is 4.79 Å². The zero-order chi connectivity index (χ0) is 12.5. The van der Waals surface area contributed by atoms with E-state index in [0.29, 0.717) is 5.69 Å². The number of pyridine rings is 1. The van der Waals surface area contributed by atoms with E-state index in [2.05, 4.69) is 24.1 Å². The summed E-state index contributed by atoms with van der Waals surface area (Å²) in [7, 11) is 1.83. The van der Waals surface area contributed by atoms with Crippen molar-refractivity contribution in [2.45, 2.75) is 20.3 Å². The fourth-order valence-corrected chi connectivity index (χ4v) is 2.12. The smallest absolute Gasteiger partial charge is 0.272 e. The Morgan fingerprint density at radius 2 is 2.24 bits per heavy atom. The van der Waals surface area contributed by atoms with Crippen molar-refractivity contribution in [2.24, 2.45) is 5.41 Å². The molecular formula is C13H19N3O. The van der Waals surface area contributed by atoms with Gasteiger partial charge in [0.2, 0.25) is 0 Å². The van der Waals surface area contributed by atoms with E-state index in [0.717, 1.165) is 25.2 Å². The second kappa shape index (κ2) is 4.35. The van der Waals surface area contributed by atoms with Gasteiger partial charge in [0.25, 0.3) is 5.91 Å². The molecule has 1 amide bonds. The number of hydrogen-bond acceptors (Lipinski definition) is 3. The van der Waals surface area contributed by atoms with Crippen molar-refractivity contribution in [3.63, 3.8) is 0 Å². The molecule has 0 aliphatic carbocycles. The van der Waals surface area contributed by atoms with Gasteiger partial charge in [0.05, 0.1) is 11.9 Å². The number of carbonyl (C=O) groups is 1. The molecule has 1 aliphatic heterocycles. The Labute approximate surface area is 102 Å². The molecule has 1 aromatic rings. The second-order valence-corrected chi connectivity index (χ2v) is 5.32. The largest absolute Gasteiger partial charge is 0.387 e. The minimum atomic E-state index is 0.0400. The first-order chi connectivity index (χ1) is 8.02. The Bertz CT molecular complexity index is 411. The Kier molecular flexibility index (Phi) is 3.05. The summed E-state index contributed by atoms with van der Waals surface area (Å²) in [5.74, 6) is 0.0400. The van der Waals surface area contributed by atoms with Crippen molar-refractivity contribution in [3.05, 3.63) is 24.0 Å². The van der Waals surface area contributed by atoms with E-state index < -0.39 is 0 Å². The lowest BCUT2D eigenvalue weighted by Crippen LogP contribution is -2.30. The van der Waals surface area contributed by atoms with Crippen LogP contribution in [0.15, 0.2) is 18.3 Å². The fraction of sp³-hybridized carbons (Fsp3) is 0.538. The summed E-state index contributed by atoms with van der Waals surface area (Å²) in [6.07, 6.45) is 2.75. The molecule has 1 fully saturated rings. The van der Waals surface area contributed by atoms with Crippen molar-refractivity contribution in [2.75, 3.05) is 25.5 Å². The van der Waals surface area contributed by atoms with Gasteiger partial charge in [-0.05, 0) is 24.0 Å². The predicted molar refractivity (Wildman–Crippen MR) is 68.1 cm³/mol. The molecule has 1 saturated heterocycles. The predicted octanol–water partition coefficient (Wildman–Crippen LogP) is 2.00. The second-order valence-electron chi connectivity index (χ2n) is 5.32. The highest BCUT2D eigenvalue weighted by Crippen LogP contribution is 2.29. The average molecular weight is 233 g/mol. The monoisotopic (exact) mass is 233 g/mol.